The Morgan fingerprint density at radius 1 is 1.19 bits per heavy atom. The number of fused-ring (bicyclic) bond motifs is 1. The van der Waals surface area contributed by atoms with Gasteiger partial charge in [0.2, 0.25) is 0 Å². The smallest absolute Gasteiger partial charge is 0.269 e. The van der Waals surface area contributed by atoms with Gasteiger partial charge in [-0.15, -0.1) is 0 Å². The molecule has 0 aliphatic rings. The highest BCUT2D eigenvalue weighted by atomic mass is 35.5. The number of aromatic amines is 1. The van der Waals surface area contributed by atoms with Crippen LogP contribution in [0, 0.1) is 4.77 Å². The number of H-pyrrole nitrogens is 1. The van der Waals surface area contributed by atoms with Gasteiger partial charge < -0.3 is 9.72 Å². The van der Waals surface area contributed by atoms with Crippen molar-refractivity contribution < 1.29 is 9.53 Å². The first-order chi connectivity index (χ1) is 12.3. The number of aromatic nitrogens is 2. The first kappa shape index (κ1) is 18.9. The topological polar surface area (TPSA) is 64.1 Å². The Balaban J connectivity index is 2.19. The van der Waals surface area contributed by atoms with Crippen molar-refractivity contribution in [2.45, 2.75) is 6.92 Å². The van der Waals surface area contributed by atoms with Crippen LogP contribution in [0.3, 0.4) is 0 Å². The van der Waals surface area contributed by atoms with Crippen molar-refractivity contribution in [3.05, 3.63) is 66.1 Å². The lowest BCUT2D eigenvalue weighted by Gasteiger charge is -2.10. The van der Waals surface area contributed by atoms with Crippen molar-refractivity contribution >= 4 is 63.8 Å². The maximum absolute atomic E-state index is 12.8. The van der Waals surface area contributed by atoms with Gasteiger partial charge in [-0.3, -0.25) is 9.59 Å². The van der Waals surface area contributed by atoms with E-state index < -0.39 is 11.5 Å². The second-order valence-corrected chi connectivity index (χ2v) is 6.90. The zero-order valence-electron chi connectivity index (χ0n) is 13.3. The monoisotopic (exact) mass is 428 g/mol. The number of carbonyl (C=O) groups is 1. The summed E-state index contributed by atoms with van der Waals surface area (Å²) in [7, 11) is 0. The molecule has 0 bridgehead atoms. The lowest BCUT2D eigenvalue weighted by Crippen LogP contribution is -2.29. The average Bonchev–Trinajstić information content (AvgIpc) is 2.58. The molecule has 0 radical (unpaired) electrons. The highest BCUT2D eigenvalue weighted by molar-refractivity contribution is 7.71. The molecule has 0 saturated heterocycles. The van der Waals surface area contributed by atoms with Crippen LogP contribution in [0.1, 0.15) is 17.3 Å². The number of hydrogen-bond acceptors (Lipinski definition) is 4. The summed E-state index contributed by atoms with van der Waals surface area (Å²) in [5.41, 5.74) is -0.115. The van der Waals surface area contributed by atoms with E-state index in [4.69, 9.17) is 51.8 Å². The molecule has 3 rings (SSSR count). The van der Waals surface area contributed by atoms with Crippen molar-refractivity contribution in [1.82, 2.24) is 9.55 Å². The third-order valence-electron chi connectivity index (χ3n) is 3.61. The van der Waals surface area contributed by atoms with Crippen LogP contribution in [-0.2, 0) is 0 Å². The third kappa shape index (κ3) is 3.38. The van der Waals surface area contributed by atoms with Crippen LogP contribution in [-0.4, -0.2) is 22.1 Å². The summed E-state index contributed by atoms with van der Waals surface area (Å²) in [4.78, 5) is 28.4. The fourth-order valence-corrected chi connectivity index (χ4v) is 3.51. The maximum atomic E-state index is 12.8. The lowest BCUT2D eigenvalue weighted by atomic mass is 10.2. The summed E-state index contributed by atoms with van der Waals surface area (Å²) in [5.74, 6) is -0.181. The molecular weight excluding hydrogens is 419 g/mol. The minimum atomic E-state index is -0.626. The number of nitrogens with zero attached hydrogens (tertiary/aromatic N) is 1. The molecule has 26 heavy (non-hydrogen) atoms. The van der Waals surface area contributed by atoms with E-state index in [1.165, 1.54) is 24.3 Å². The molecule has 0 aliphatic heterocycles. The Labute approximate surface area is 168 Å². The van der Waals surface area contributed by atoms with Gasteiger partial charge in [-0.2, -0.15) is 0 Å². The van der Waals surface area contributed by atoms with E-state index in [-0.39, 0.29) is 30.8 Å². The van der Waals surface area contributed by atoms with Gasteiger partial charge in [0.25, 0.3) is 11.5 Å². The second kappa shape index (κ2) is 7.40. The summed E-state index contributed by atoms with van der Waals surface area (Å²) in [6.45, 7) is 2.25. The lowest BCUT2D eigenvalue weighted by molar-refractivity contribution is 0.0953. The molecule has 0 fully saturated rings. The fourth-order valence-electron chi connectivity index (χ4n) is 2.46. The fraction of sp³-hybridized carbons (Fsp3) is 0.118. The Morgan fingerprint density at radius 2 is 1.92 bits per heavy atom. The van der Waals surface area contributed by atoms with E-state index in [1.807, 2.05) is 6.92 Å². The van der Waals surface area contributed by atoms with Crippen LogP contribution >= 0.6 is 47.0 Å². The van der Waals surface area contributed by atoms with Gasteiger partial charge in [-0.25, -0.2) is 4.57 Å². The molecule has 2 aromatic carbocycles. The van der Waals surface area contributed by atoms with Crippen molar-refractivity contribution in [2.24, 2.45) is 0 Å². The van der Waals surface area contributed by atoms with Crippen LogP contribution in [0.2, 0.25) is 15.1 Å². The van der Waals surface area contributed by atoms with E-state index in [9.17, 15) is 9.59 Å². The van der Waals surface area contributed by atoms with Gasteiger partial charge >= 0.3 is 0 Å². The van der Waals surface area contributed by atoms with Crippen LogP contribution in [0.4, 0.5) is 0 Å². The zero-order valence-corrected chi connectivity index (χ0v) is 16.4. The quantitative estimate of drug-likeness (QED) is 0.588. The Hall–Kier alpha value is -1.86. The minimum Gasteiger partial charge on any atom is -0.492 e. The first-order valence-electron chi connectivity index (χ1n) is 7.44. The van der Waals surface area contributed by atoms with Gasteiger partial charge in [0.15, 0.2) is 4.77 Å². The van der Waals surface area contributed by atoms with E-state index in [0.717, 1.165) is 4.57 Å². The van der Waals surface area contributed by atoms with Gasteiger partial charge in [-0.1, -0.05) is 34.8 Å². The normalized spacial score (nSPS) is 10.9. The number of rotatable bonds is 3. The Bertz CT molecular complexity index is 1150. The van der Waals surface area contributed by atoms with Crippen molar-refractivity contribution in [1.29, 1.82) is 0 Å². The number of ether oxygens (including phenoxy) is 1. The zero-order chi connectivity index (χ0) is 19.0. The Morgan fingerprint density at radius 3 is 2.58 bits per heavy atom. The molecule has 1 N–H and O–H groups in total. The molecular formula is C17H11Cl3N2O3S. The van der Waals surface area contributed by atoms with E-state index in [2.05, 4.69) is 4.98 Å². The minimum absolute atomic E-state index is 0.0817. The second-order valence-electron chi connectivity index (χ2n) is 5.26. The molecule has 0 unspecified atom stereocenters. The average molecular weight is 430 g/mol. The van der Waals surface area contributed by atoms with Crippen molar-refractivity contribution in [3.63, 3.8) is 0 Å². The SMILES string of the molecule is CCOc1ccc(C(=O)n2c(=S)[nH]c3c(Cl)cc(Cl)cc3c2=O)cc1Cl. The molecule has 0 spiro atoms. The molecule has 1 heterocycles. The standard InChI is InChI=1S/C17H11Cl3N2O3S/c1-2-25-13-4-3-8(5-11(13)19)15(23)22-16(24)10-6-9(18)7-12(20)14(10)21-17(22)26/h3-7H,2H2,1H3,(H,21,26). The predicted octanol–water partition coefficient (Wildman–Crippen LogP) is 5.11. The van der Waals surface area contributed by atoms with Gasteiger partial charge in [0.05, 0.1) is 27.6 Å². The molecule has 0 aliphatic carbocycles. The number of carbonyl (C=O) groups excluding carboxylic acids is 1. The number of halogens is 3. The molecule has 0 saturated carbocycles. The Kier molecular flexibility index (Phi) is 5.39. The maximum Gasteiger partial charge on any atom is 0.269 e. The molecule has 5 nitrogen and oxygen atoms in total. The summed E-state index contributed by atoms with van der Waals surface area (Å²) in [6.07, 6.45) is 0. The van der Waals surface area contributed by atoms with Crippen molar-refractivity contribution in [3.8, 4) is 5.75 Å². The molecule has 134 valence electrons. The number of hydrogen-bond donors (Lipinski definition) is 1. The molecule has 1 aromatic heterocycles. The largest absolute Gasteiger partial charge is 0.492 e. The van der Waals surface area contributed by atoms with Crippen LogP contribution in [0.25, 0.3) is 10.9 Å². The van der Waals surface area contributed by atoms with Crippen molar-refractivity contribution in [2.75, 3.05) is 6.61 Å². The van der Waals surface area contributed by atoms with Gasteiger partial charge in [-0.05, 0) is 49.5 Å². The number of nitrogens with one attached hydrogen (secondary N) is 1. The molecule has 0 atom stereocenters. The summed E-state index contributed by atoms with van der Waals surface area (Å²) in [6, 6.07) is 7.40. The highest BCUT2D eigenvalue weighted by Gasteiger charge is 2.17. The van der Waals surface area contributed by atoms with Crippen LogP contribution in [0.5, 0.6) is 5.75 Å². The van der Waals surface area contributed by atoms with E-state index in [1.54, 1.807) is 6.07 Å². The van der Waals surface area contributed by atoms with Crippen LogP contribution < -0.4 is 10.3 Å². The predicted molar refractivity (Wildman–Crippen MR) is 106 cm³/mol. The molecule has 9 heteroatoms. The van der Waals surface area contributed by atoms with Crippen LogP contribution in [0.15, 0.2) is 35.1 Å². The third-order valence-corrected chi connectivity index (χ3v) is 4.70. The first-order valence-corrected chi connectivity index (χ1v) is 8.98. The summed E-state index contributed by atoms with van der Waals surface area (Å²) >= 11 is 23.4. The highest BCUT2D eigenvalue weighted by Crippen LogP contribution is 2.27. The number of benzene rings is 2. The van der Waals surface area contributed by atoms with Gasteiger partial charge in [0, 0.05) is 10.6 Å². The van der Waals surface area contributed by atoms with Gasteiger partial charge in [0.1, 0.15) is 5.75 Å². The molecule has 0 amide bonds. The van der Waals surface area contributed by atoms with E-state index >= 15 is 0 Å². The summed E-state index contributed by atoms with van der Waals surface area (Å²) in [5, 5.41) is 0.918. The molecule has 3 aromatic rings. The van der Waals surface area contributed by atoms with E-state index in [0.29, 0.717) is 17.9 Å². The summed E-state index contributed by atoms with van der Waals surface area (Å²) < 4.78 is 6.10.